The molecule has 1 saturated carbocycles. The Labute approximate surface area is 177 Å². The van der Waals surface area contributed by atoms with Crippen LogP contribution in [0.1, 0.15) is 73.6 Å². The van der Waals surface area contributed by atoms with E-state index in [2.05, 4.69) is 6.58 Å². The second-order valence-electron chi connectivity index (χ2n) is 8.00. The predicted molar refractivity (Wildman–Crippen MR) is 117 cm³/mol. The van der Waals surface area contributed by atoms with Gasteiger partial charge in [-0.1, -0.05) is 33.3 Å². The van der Waals surface area contributed by atoms with Gasteiger partial charge < -0.3 is 9.64 Å². The number of hydrogen-bond donors (Lipinski definition) is 0. The second-order valence-corrected chi connectivity index (χ2v) is 8.00. The van der Waals surface area contributed by atoms with Crippen molar-refractivity contribution in [1.82, 2.24) is 9.80 Å². The van der Waals surface area contributed by atoms with Gasteiger partial charge in [-0.15, -0.1) is 0 Å². The van der Waals surface area contributed by atoms with Crippen LogP contribution in [0.5, 0.6) is 0 Å². The quantitative estimate of drug-likeness (QED) is 0.539. The lowest BCUT2D eigenvalue weighted by molar-refractivity contribution is 0.0134. The minimum Gasteiger partial charge on any atom is -0.444 e. The van der Waals surface area contributed by atoms with Crippen LogP contribution in [-0.2, 0) is 4.74 Å². The lowest BCUT2D eigenvalue weighted by atomic mass is 9.94. The van der Waals surface area contributed by atoms with Gasteiger partial charge in [0.15, 0.2) is 0 Å². The maximum Gasteiger partial charge on any atom is 0.410 e. The molecule has 0 bridgehead atoms. The molecule has 29 heavy (non-hydrogen) atoms. The highest BCUT2D eigenvalue weighted by molar-refractivity contribution is 5.69. The summed E-state index contributed by atoms with van der Waals surface area (Å²) in [5.74, 6) is 0. The summed E-state index contributed by atoms with van der Waals surface area (Å²) < 4.78 is 26.5. The Hall–Kier alpha value is -1.84. The van der Waals surface area contributed by atoms with Gasteiger partial charge in [0.25, 0.3) is 0 Å². The van der Waals surface area contributed by atoms with E-state index >= 15 is 0 Å². The van der Waals surface area contributed by atoms with Crippen molar-refractivity contribution in [1.29, 1.82) is 5.26 Å². The first-order chi connectivity index (χ1) is 13.0. The molecule has 1 unspecified atom stereocenters. The summed E-state index contributed by atoms with van der Waals surface area (Å²) in [5.41, 5.74) is 0.477. The highest BCUT2D eigenvalue weighted by Gasteiger charge is 2.29. The summed E-state index contributed by atoms with van der Waals surface area (Å²) in [4.78, 5) is 16.3. The monoisotopic (exact) mass is 419 g/mol. The van der Waals surface area contributed by atoms with Gasteiger partial charge in [-0.25, -0.2) is 9.18 Å². The van der Waals surface area contributed by atoms with Crippen LogP contribution in [-0.4, -0.2) is 61.5 Å². The van der Waals surface area contributed by atoms with Gasteiger partial charge in [0.05, 0.1) is 26.2 Å². The number of alkyl halides is 2. The number of amides is 1. The number of nitriles is 1. The fourth-order valence-corrected chi connectivity index (χ4v) is 2.52. The van der Waals surface area contributed by atoms with Crippen molar-refractivity contribution >= 4 is 6.09 Å². The van der Waals surface area contributed by atoms with Crippen molar-refractivity contribution < 1.29 is 18.3 Å². The fraction of sp³-hybridized carbons (Fsp3) is 0.818. The minimum absolute atomic E-state index is 0. The van der Waals surface area contributed by atoms with Crippen LogP contribution in [0.4, 0.5) is 13.6 Å². The van der Waals surface area contributed by atoms with Crippen LogP contribution in [0.2, 0.25) is 0 Å². The van der Waals surface area contributed by atoms with Crippen molar-refractivity contribution in [3.05, 3.63) is 12.3 Å². The van der Waals surface area contributed by atoms with Crippen LogP contribution in [0, 0.1) is 11.3 Å². The number of likely N-dealkylation sites (N-methyl/N-ethyl adjacent to an activating group) is 1. The fourth-order valence-electron chi connectivity index (χ4n) is 2.52. The first-order valence-electron chi connectivity index (χ1n) is 9.71. The molecule has 1 fully saturated rings. The van der Waals surface area contributed by atoms with Gasteiger partial charge in [0.1, 0.15) is 11.8 Å². The van der Waals surface area contributed by atoms with E-state index in [1.165, 1.54) is 26.2 Å². The zero-order valence-corrected chi connectivity index (χ0v) is 18.7. The van der Waals surface area contributed by atoms with E-state index < -0.39 is 11.8 Å². The molecule has 0 aromatic heterocycles. The van der Waals surface area contributed by atoms with Crippen molar-refractivity contribution in [3.63, 3.8) is 0 Å². The molecule has 0 aliphatic heterocycles. The number of nitrogens with zero attached hydrogens (tertiary/aromatic N) is 3. The lowest BCUT2D eigenvalue weighted by Crippen LogP contribution is -2.46. The number of hydrogen-bond acceptors (Lipinski definition) is 4. The van der Waals surface area contributed by atoms with Crippen molar-refractivity contribution in [3.8, 4) is 6.07 Å². The van der Waals surface area contributed by atoms with E-state index in [4.69, 9.17) is 10.00 Å². The van der Waals surface area contributed by atoms with E-state index in [0.717, 1.165) is 18.5 Å². The molecule has 0 spiro atoms. The zero-order chi connectivity index (χ0) is 22.3. The molecule has 7 heteroatoms. The zero-order valence-electron chi connectivity index (χ0n) is 18.7. The Morgan fingerprint density at radius 3 is 2.03 bits per heavy atom. The van der Waals surface area contributed by atoms with Crippen molar-refractivity contribution in [2.24, 2.45) is 0 Å². The molecule has 0 aromatic rings. The average Bonchev–Trinajstić information content (AvgIpc) is 2.60. The molecule has 0 N–H and O–H groups in total. The summed E-state index contributed by atoms with van der Waals surface area (Å²) in [6.07, 6.45) is 4.63. The third-order valence-electron chi connectivity index (χ3n) is 4.00. The van der Waals surface area contributed by atoms with E-state index in [-0.39, 0.29) is 26.0 Å². The molecule has 0 saturated heterocycles. The second kappa shape index (κ2) is 17.1. The molecule has 1 atom stereocenters. The first kappa shape index (κ1) is 31.8. The predicted octanol–water partition coefficient (Wildman–Crippen LogP) is 6.11. The topological polar surface area (TPSA) is 56.6 Å². The maximum absolute atomic E-state index is 12.5. The molecule has 1 aliphatic rings. The smallest absolute Gasteiger partial charge is 0.410 e. The van der Waals surface area contributed by atoms with E-state index in [1.54, 1.807) is 6.07 Å². The molecule has 1 rings (SSSR count). The number of carbonyl (C=O) groups is 1. The van der Waals surface area contributed by atoms with Crippen LogP contribution >= 0.6 is 0 Å². The number of halogens is 2. The Bertz CT molecular complexity index is 477. The Kier molecular flexibility index (Phi) is 18.7. The molecule has 1 amide bonds. The summed E-state index contributed by atoms with van der Waals surface area (Å²) >= 11 is 0. The molecular formula is C22H43F2N3O2. The third kappa shape index (κ3) is 16.8. The number of ether oxygens (including phenoxy) is 1. The molecule has 0 aromatic carbocycles. The SMILES string of the molecule is C.C=C(CN(C(=O)OC(C)(C)C)C1CCCCC1)N(C)C.CC(F)CC#N.CF. The summed E-state index contributed by atoms with van der Waals surface area (Å²) in [7, 11) is 4.41. The molecule has 0 heterocycles. The van der Waals surface area contributed by atoms with E-state index in [9.17, 15) is 13.6 Å². The van der Waals surface area contributed by atoms with Crippen LogP contribution < -0.4 is 0 Å². The van der Waals surface area contributed by atoms with Crippen LogP contribution in [0.3, 0.4) is 0 Å². The maximum atomic E-state index is 12.5. The number of rotatable bonds is 5. The summed E-state index contributed by atoms with van der Waals surface area (Å²) in [6, 6.07) is 1.98. The highest BCUT2D eigenvalue weighted by atomic mass is 19.1. The lowest BCUT2D eigenvalue weighted by Gasteiger charge is -2.36. The van der Waals surface area contributed by atoms with Gasteiger partial charge in [0, 0.05) is 25.8 Å². The minimum atomic E-state index is -0.963. The molecule has 0 radical (unpaired) electrons. The van der Waals surface area contributed by atoms with Gasteiger partial charge >= 0.3 is 6.09 Å². The van der Waals surface area contributed by atoms with E-state index in [1.807, 2.05) is 44.7 Å². The Balaban J connectivity index is -0.000000644. The average molecular weight is 420 g/mol. The van der Waals surface area contributed by atoms with Gasteiger partial charge in [-0.2, -0.15) is 5.26 Å². The third-order valence-corrected chi connectivity index (χ3v) is 4.00. The van der Waals surface area contributed by atoms with Crippen molar-refractivity contribution in [2.75, 3.05) is 27.8 Å². The Morgan fingerprint density at radius 2 is 1.72 bits per heavy atom. The summed E-state index contributed by atoms with van der Waals surface area (Å²) in [6.45, 7) is 11.7. The summed E-state index contributed by atoms with van der Waals surface area (Å²) in [5, 5.41) is 7.75. The molecular weight excluding hydrogens is 376 g/mol. The van der Waals surface area contributed by atoms with Gasteiger partial charge in [-0.05, 0) is 40.5 Å². The molecule has 5 nitrogen and oxygen atoms in total. The first-order valence-corrected chi connectivity index (χ1v) is 9.71. The van der Waals surface area contributed by atoms with Crippen LogP contribution in [0.25, 0.3) is 0 Å². The van der Waals surface area contributed by atoms with Crippen LogP contribution in [0.15, 0.2) is 12.3 Å². The highest BCUT2D eigenvalue weighted by Crippen LogP contribution is 2.25. The number of carbonyl (C=O) groups excluding carboxylic acids is 1. The normalized spacial score (nSPS) is 14.3. The van der Waals surface area contributed by atoms with Gasteiger partial charge in [-0.3, -0.25) is 9.29 Å². The Morgan fingerprint density at radius 1 is 1.24 bits per heavy atom. The van der Waals surface area contributed by atoms with Gasteiger partial charge in [0.2, 0.25) is 0 Å². The molecule has 1 aliphatic carbocycles. The largest absolute Gasteiger partial charge is 0.444 e. The van der Waals surface area contributed by atoms with Crippen molar-refractivity contribution in [2.45, 2.75) is 91.5 Å². The van der Waals surface area contributed by atoms with E-state index in [0.29, 0.717) is 13.7 Å². The standard InChI is InChI=1S/C16H30N2O2.C4H6FN.CH3F.CH4/c1-13(17(5)6)12-18(14-10-8-7-9-11-14)15(19)20-16(2,3)4;1-4(5)2-3-6;1-2;/h14H,1,7-12H2,2-6H3;4H,2H2,1H3;1H3;1H4. The molecule has 172 valence electrons.